The van der Waals surface area contributed by atoms with Crippen molar-refractivity contribution in [3.8, 4) is 5.75 Å². The summed E-state index contributed by atoms with van der Waals surface area (Å²) in [4.78, 5) is 11.6. The number of aromatic nitrogens is 3. The zero-order valence-electron chi connectivity index (χ0n) is 14.7. The van der Waals surface area contributed by atoms with Crippen molar-refractivity contribution in [3.63, 3.8) is 0 Å². The molecule has 10 heteroatoms. The van der Waals surface area contributed by atoms with Crippen molar-refractivity contribution in [1.82, 2.24) is 14.8 Å². The van der Waals surface area contributed by atoms with E-state index in [0.29, 0.717) is 40.6 Å². The number of thioether (sulfide) groups is 2. The fourth-order valence-electron chi connectivity index (χ4n) is 2.63. The molecule has 2 aromatic rings. The number of primary amides is 1. The molecule has 1 aliphatic carbocycles. The van der Waals surface area contributed by atoms with Gasteiger partial charge in [-0.25, -0.2) is 0 Å². The lowest BCUT2D eigenvalue weighted by molar-refractivity contribution is -0.118. The Kier molecular flexibility index (Phi) is 6.59. The molecular weight excluding hydrogens is 394 g/mol. The fraction of sp³-hybridized carbons (Fsp3) is 0.471. The van der Waals surface area contributed by atoms with Gasteiger partial charge in [-0.05, 0) is 30.5 Å². The number of carbonyl (C=O) groups is 1. The molecule has 0 spiro atoms. The Morgan fingerprint density at radius 1 is 1.41 bits per heavy atom. The minimum absolute atomic E-state index is 0.235. The van der Waals surface area contributed by atoms with Gasteiger partial charge in [0, 0.05) is 24.6 Å². The van der Waals surface area contributed by atoms with E-state index in [2.05, 4.69) is 10.2 Å². The molecule has 1 aliphatic rings. The van der Waals surface area contributed by atoms with Crippen LogP contribution in [0.5, 0.6) is 5.75 Å². The Labute approximate surface area is 164 Å². The van der Waals surface area contributed by atoms with E-state index in [1.54, 1.807) is 18.2 Å². The molecule has 1 aromatic carbocycles. The van der Waals surface area contributed by atoms with Gasteiger partial charge in [-0.15, -0.1) is 10.2 Å². The van der Waals surface area contributed by atoms with E-state index in [9.17, 15) is 13.6 Å². The van der Waals surface area contributed by atoms with Gasteiger partial charge < -0.3 is 15.0 Å². The summed E-state index contributed by atoms with van der Waals surface area (Å²) in [5.41, 5.74) is 6.20. The average Bonchev–Trinajstić information content (AvgIpc) is 3.39. The van der Waals surface area contributed by atoms with Gasteiger partial charge in [-0.1, -0.05) is 29.6 Å². The highest BCUT2D eigenvalue weighted by atomic mass is 32.2. The molecule has 2 N–H and O–H groups in total. The first-order chi connectivity index (χ1) is 13.0. The second-order valence-electron chi connectivity index (χ2n) is 6.14. The maximum absolute atomic E-state index is 12.6. The number of nitrogens with two attached hydrogens (primary N) is 1. The van der Waals surface area contributed by atoms with E-state index in [1.807, 2.05) is 4.57 Å². The SMILES string of the molecule is COc1cc(CSc2nnc(C3CC3)n2CCC(N)=O)ccc1SC(F)F. The van der Waals surface area contributed by atoms with Crippen LogP contribution in [0, 0.1) is 0 Å². The van der Waals surface area contributed by atoms with Crippen LogP contribution in [0.3, 0.4) is 0 Å². The Balaban J connectivity index is 1.71. The van der Waals surface area contributed by atoms with E-state index in [-0.39, 0.29) is 12.3 Å². The molecule has 3 rings (SSSR count). The van der Waals surface area contributed by atoms with E-state index in [1.165, 1.54) is 18.9 Å². The molecule has 1 saturated carbocycles. The number of benzene rings is 1. The molecule has 1 amide bonds. The van der Waals surface area contributed by atoms with Crippen LogP contribution in [0.4, 0.5) is 8.78 Å². The molecule has 0 saturated heterocycles. The normalized spacial score (nSPS) is 13.9. The monoisotopic (exact) mass is 414 g/mol. The van der Waals surface area contributed by atoms with Crippen molar-refractivity contribution in [2.75, 3.05) is 7.11 Å². The van der Waals surface area contributed by atoms with Crippen LogP contribution in [0.2, 0.25) is 0 Å². The zero-order chi connectivity index (χ0) is 19.4. The Bertz CT molecular complexity index is 812. The van der Waals surface area contributed by atoms with Crippen molar-refractivity contribution in [2.24, 2.45) is 5.73 Å². The summed E-state index contributed by atoms with van der Waals surface area (Å²) in [6, 6.07) is 5.19. The number of methoxy groups -OCH3 is 1. The fourth-order valence-corrected chi connectivity index (χ4v) is 4.14. The van der Waals surface area contributed by atoms with E-state index in [0.717, 1.165) is 29.4 Å². The summed E-state index contributed by atoms with van der Waals surface area (Å²) in [5.74, 6) is -0.546. The number of carbonyl (C=O) groups excluding carboxylic acids is 1. The topological polar surface area (TPSA) is 83.0 Å². The summed E-state index contributed by atoms with van der Waals surface area (Å²) in [7, 11) is 1.46. The molecule has 0 atom stereocenters. The number of hydrogen-bond donors (Lipinski definition) is 1. The Morgan fingerprint density at radius 3 is 2.81 bits per heavy atom. The van der Waals surface area contributed by atoms with E-state index < -0.39 is 5.76 Å². The minimum Gasteiger partial charge on any atom is -0.496 e. The largest absolute Gasteiger partial charge is 0.496 e. The third kappa shape index (κ3) is 5.35. The Morgan fingerprint density at radius 2 is 2.19 bits per heavy atom. The van der Waals surface area contributed by atoms with Gasteiger partial charge in [-0.3, -0.25) is 4.79 Å². The predicted molar refractivity (Wildman–Crippen MR) is 100 cm³/mol. The molecule has 27 heavy (non-hydrogen) atoms. The van der Waals surface area contributed by atoms with Crippen LogP contribution in [0.25, 0.3) is 0 Å². The standard InChI is InChI=1S/C17H20F2N4O2S2/c1-25-12-8-10(2-5-13(12)27-16(18)19)9-26-17-22-21-15(11-3-4-11)23(17)7-6-14(20)24/h2,5,8,11,16H,3-4,6-7,9H2,1H3,(H2,20,24). The summed E-state index contributed by atoms with van der Waals surface area (Å²) in [5, 5.41) is 9.26. The third-order valence-electron chi connectivity index (χ3n) is 4.08. The van der Waals surface area contributed by atoms with Crippen molar-refractivity contribution in [2.45, 2.75) is 53.3 Å². The first-order valence-electron chi connectivity index (χ1n) is 8.44. The molecule has 0 unspecified atom stereocenters. The van der Waals surface area contributed by atoms with Gasteiger partial charge in [0.05, 0.1) is 12.0 Å². The quantitative estimate of drug-likeness (QED) is 0.598. The zero-order valence-corrected chi connectivity index (χ0v) is 16.4. The second kappa shape index (κ2) is 8.92. The van der Waals surface area contributed by atoms with Crippen molar-refractivity contribution in [3.05, 3.63) is 29.6 Å². The highest BCUT2D eigenvalue weighted by Crippen LogP contribution is 2.40. The third-order valence-corrected chi connectivity index (χ3v) is 5.89. The Hall–Kier alpha value is -1.81. The molecule has 0 aliphatic heterocycles. The number of amides is 1. The lowest BCUT2D eigenvalue weighted by Crippen LogP contribution is -2.15. The smallest absolute Gasteiger partial charge is 0.289 e. The molecule has 146 valence electrons. The van der Waals surface area contributed by atoms with Crippen molar-refractivity contribution < 1.29 is 18.3 Å². The van der Waals surface area contributed by atoms with Crippen molar-refractivity contribution in [1.29, 1.82) is 0 Å². The summed E-state index contributed by atoms with van der Waals surface area (Å²) < 4.78 is 32.4. The van der Waals surface area contributed by atoms with Crippen molar-refractivity contribution >= 4 is 29.4 Å². The van der Waals surface area contributed by atoms with Gasteiger partial charge in [0.25, 0.3) is 5.76 Å². The highest BCUT2D eigenvalue weighted by molar-refractivity contribution is 7.99. The van der Waals surface area contributed by atoms with Crippen LogP contribution >= 0.6 is 23.5 Å². The lowest BCUT2D eigenvalue weighted by Gasteiger charge is -2.11. The molecule has 0 radical (unpaired) electrons. The molecule has 1 fully saturated rings. The first-order valence-corrected chi connectivity index (χ1v) is 10.3. The van der Waals surface area contributed by atoms with Crippen LogP contribution in [0.15, 0.2) is 28.3 Å². The molecule has 0 bridgehead atoms. The minimum atomic E-state index is -2.50. The van der Waals surface area contributed by atoms with Crippen LogP contribution in [0.1, 0.15) is 36.6 Å². The lowest BCUT2D eigenvalue weighted by atomic mass is 10.2. The maximum atomic E-state index is 12.6. The predicted octanol–water partition coefficient (Wildman–Crippen LogP) is 3.65. The number of hydrogen-bond acceptors (Lipinski definition) is 6. The van der Waals surface area contributed by atoms with Gasteiger partial charge in [-0.2, -0.15) is 8.78 Å². The average molecular weight is 415 g/mol. The molecule has 6 nitrogen and oxygen atoms in total. The van der Waals surface area contributed by atoms with Crippen LogP contribution in [-0.2, 0) is 17.1 Å². The molecule has 1 aromatic heterocycles. The van der Waals surface area contributed by atoms with Gasteiger partial charge in [0.2, 0.25) is 5.91 Å². The number of ether oxygens (including phenoxy) is 1. The van der Waals surface area contributed by atoms with Gasteiger partial charge in [0.15, 0.2) is 5.16 Å². The maximum Gasteiger partial charge on any atom is 0.289 e. The molecular formula is C17H20F2N4O2S2. The molecule has 1 heterocycles. The van der Waals surface area contributed by atoms with Gasteiger partial charge >= 0.3 is 0 Å². The highest BCUT2D eigenvalue weighted by Gasteiger charge is 2.30. The van der Waals surface area contributed by atoms with E-state index >= 15 is 0 Å². The summed E-state index contributed by atoms with van der Waals surface area (Å²) in [6.07, 6.45) is 2.40. The summed E-state index contributed by atoms with van der Waals surface area (Å²) in [6.45, 7) is 0.462. The number of nitrogens with zero attached hydrogens (tertiary/aromatic N) is 3. The summed E-state index contributed by atoms with van der Waals surface area (Å²) >= 11 is 1.95. The number of rotatable bonds is 10. The number of alkyl halides is 2. The van der Waals surface area contributed by atoms with Crippen LogP contribution in [-0.4, -0.2) is 33.5 Å². The van der Waals surface area contributed by atoms with Gasteiger partial charge in [0.1, 0.15) is 11.6 Å². The van der Waals surface area contributed by atoms with E-state index in [4.69, 9.17) is 10.5 Å². The van der Waals surface area contributed by atoms with Crippen LogP contribution < -0.4 is 10.5 Å². The number of halogens is 2. The second-order valence-corrected chi connectivity index (χ2v) is 8.11. The first kappa shape index (κ1) is 19.9.